The zero-order valence-electron chi connectivity index (χ0n) is 6.97. The molecule has 1 unspecified atom stereocenters. The first-order chi connectivity index (χ1) is 5.24. The van der Waals surface area contributed by atoms with Crippen molar-refractivity contribution in [1.82, 2.24) is 0 Å². The largest absolute Gasteiger partial charge is 0.243 e. The van der Waals surface area contributed by atoms with Crippen molar-refractivity contribution in [3.8, 4) is 0 Å². The molecule has 0 heterocycles. The van der Waals surface area contributed by atoms with Gasteiger partial charge in [0.1, 0.15) is 6.17 Å². The van der Waals surface area contributed by atoms with Gasteiger partial charge in [0.15, 0.2) is 0 Å². The second-order valence-corrected chi connectivity index (χ2v) is 2.79. The summed E-state index contributed by atoms with van der Waals surface area (Å²) in [7, 11) is 0. The third-order valence-electron chi connectivity index (χ3n) is 1.84. The molecule has 0 spiro atoms. The Morgan fingerprint density at radius 2 is 2.36 bits per heavy atom. The van der Waals surface area contributed by atoms with Gasteiger partial charge in [-0.3, -0.25) is 0 Å². The highest BCUT2D eigenvalue weighted by molar-refractivity contribution is 5.36. The maximum absolute atomic E-state index is 12.8. The van der Waals surface area contributed by atoms with E-state index in [1.807, 2.05) is 32.1 Å². The predicted octanol–water partition coefficient (Wildman–Crippen LogP) is 3.18. The van der Waals surface area contributed by atoms with E-state index in [0.29, 0.717) is 6.42 Å². The minimum Gasteiger partial charge on any atom is -0.243 e. The lowest BCUT2D eigenvalue weighted by molar-refractivity contribution is 0.396. The summed E-state index contributed by atoms with van der Waals surface area (Å²) in [5.74, 6) is 0. The average molecular weight is 152 g/mol. The van der Waals surface area contributed by atoms with Crippen LogP contribution in [0.4, 0.5) is 4.39 Å². The number of hydrogen-bond acceptors (Lipinski definition) is 0. The summed E-state index contributed by atoms with van der Waals surface area (Å²) in [5.41, 5.74) is 2.29. The Labute approximate surface area is 67.1 Å². The molecule has 60 valence electrons. The minimum atomic E-state index is -0.787. The van der Waals surface area contributed by atoms with Gasteiger partial charge in [0, 0.05) is 6.42 Å². The summed E-state index contributed by atoms with van der Waals surface area (Å²) in [6.45, 7) is 3.96. The standard InChI is InChI=1S/C10H13F/c1-3-4-9-7-10(11)6-5-8(9)2/h3-6,10H,7H2,1-2H3/b4-3-. The molecular weight excluding hydrogens is 139 g/mol. The highest BCUT2D eigenvalue weighted by Crippen LogP contribution is 2.21. The Kier molecular flexibility index (Phi) is 2.64. The highest BCUT2D eigenvalue weighted by atomic mass is 19.1. The Morgan fingerprint density at radius 1 is 1.64 bits per heavy atom. The third-order valence-corrected chi connectivity index (χ3v) is 1.84. The lowest BCUT2D eigenvalue weighted by Gasteiger charge is -2.12. The molecule has 1 aliphatic carbocycles. The molecule has 0 aromatic carbocycles. The molecular formula is C10H13F. The van der Waals surface area contributed by atoms with Gasteiger partial charge in [0.25, 0.3) is 0 Å². The van der Waals surface area contributed by atoms with Crippen LogP contribution in [0.15, 0.2) is 35.5 Å². The van der Waals surface area contributed by atoms with E-state index in [1.54, 1.807) is 6.08 Å². The topological polar surface area (TPSA) is 0 Å². The van der Waals surface area contributed by atoms with Crippen LogP contribution in [0, 0.1) is 0 Å². The van der Waals surface area contributed by atoms with Crippen molar-refractivity contribution in [2.75, 3.05) is 0 Å². The van der Waals surface area contributed by atoms with Crippen LogP contribution in [-0.2, 0) is 0 Å². The molecule has 0 aromatic heterocycles. The molecule has 1 atom stereocenters. The van der Waals surface area contributed by atoms with Crippen molar-refractivity contribution in [3.05, 3.63) is 35.5 Å². The summed E-state index contributed by atoms with van der Waals surface area (Å²) in [5, 5.41) is 0. The molecule has 1 rings (SSSR count). The fourth-order valence-corrected chi connectivity index (χ4v) is 1.20. The van der Waals surface area contributed by atoms with Crippen molar-refractivity contribution in [2.24, 2.45) is 0 Å². The Balaban J connectivity index is 2.81. The first-order valence-corrected chi connectivity index (χ1v) is 3.88. The third kappa shape index (κ3) is 2.04. The van der Waals surface area contributed by atoms with E-state index in [9.17, 15) is 4.39 Å². The summed E-state index contributed by atoms with van der Waals surface area (Å²) in [6.07, 6.45) is 7.14. The van der Waals surface area contributed by atoms with Crippen LogP contribution in [0.3, 0.4) is 0 Å². The van der Waals surface area contributed by atoms with Gasteiger partial charge >= 0.3 is 0 Å². The van der Waals surface area contributed by atoms with Crippen molar-refractivity contribution >= 4 is 0 Å². The van der Waals surface area contributed by atoms with Crippen LogP contribution in [0.5, 0.6) is 0 Å². The van der Waals surface area contributed by atoms with Crippen LogP contribution in [0.2, 0.25) is 0 Å². The zero-order chi connectivity index (χ0) is 8.27. The Morgan fingerprint density at radius 3 is 3.00 bits per heavy atom. The zero-order valence-corrected chi connectivity index (χ0v) is 6.97. The molecule has 0 aliphatic heterocycles. The van der Waals surface area contributed by atoms with Crippen LogP contribution in [0.1, 0.15) is 20.3 Å². The summed E-state index contributed by atoms with van der Waals surface area (Å²) in [4.78, 5) is 0. The smallest absolute Gasteiger partial charge is 0.123 e. The van der Waals surface area contributed by atoms with E-state index >= 15 is 0 Å². The first kappa shape index (κ1) is 8.25. The van der Waals surface area contributed by atoms with Gasteiger partial charge in [0.05, 0.1) is 0 Å². The van der Waals surface area contributed by atoms with E-state index in [2.05, 4.69) is 0 Å². The molecule has 0 saturated heterocycles. The quantitative estimate of drug-likeness (QED) is 0.541. The van der Waals surface area contributed by atoms with Crippen LogP contribution < -0.4 is 0 Å². The summed E-state index contributed by atoms with van der Waals surface area (Å²) < 4.78 is 12.8. The maximum Gasteiger partial charge on any atom is 0.123 e. The molecule has 1 aliphatic rings. The molecule has 0 nitrogen and oxygen atoms in total. The molecule has 0 fully saturated rings. The second-order valence-electron chi connectivity index (χ2n) is 2.79. The van der Waals surface area contributed by atoms with E-state index < -0.39 is 6.17 Å². The maximum atomic E-state index is 12.8. The first-order valence-electron chi connectivity index (χ1n) is 3.88. The van der Waals surface area contributed by atoms with E-state index in [-0.39, 0.29) is 0 Å². The molecule has 11 heavy (non-hydrogen) atoms. The van der Waals surface area contributed by atoms with Gasteiger partial charge in [-0.05, 0) is 25.0 Å². The lowest BCUT2D eigenvalue weighted by atomic mass is 9.97. The minimum absolute atomic E-state index is 0.534. The Hall–Kier alpha value is -0.850. The number of alkyl halides is 1. The second kappa shape index (κ2) is 3.51. The monoisotopic (exact) mass is 152 g/mol. The Bertz CT molecular complexity index is 221. The normalized spacial score (nSPS) is 25.2. The van der Waals surface area contributed by atoms with Gasteiger partial charge in [-0.15, -0.1) is 0 Å². The number of hydrogen-bond donors (Lipinski definition) is 0. The van der Waals surface area contributed by atoms with Crippen molar-refractivity contribution in [3.63, 3.8) is 0 Å². The fraction of sp³-hybridized carbons (Fsp3) is 0.400. The molecule has 0 N–H and O–H groups in total. The van der Waals surface area contributed by atoms with E-state index in [0.717, 1.165) is 5.57 Å². The van der Waals surface area contributed by atoms with Crippen molar-refractivity contribution in [1.29, 1.82) is 0 Å². The van der Waals surface area contributed by atoms with Gasteiger partial charge in [0.2, 0.25) is 0 Å². The van der Waals surface area contributed by atoms with Gasteiger partial charge < -0.3 is 0 Å². The highest BCUT2D eigenvalue weighted by Gasteiger charge is 2.10. The van der Waals surface area contributed by atoms with E-state index in [4.69, 9.17) is 0 Å². The molecule has 0 bridgehead atoms. The molecule has 1 heteroatoms. The summed E-state index contributed by atoms with van der Waals surface area (Å²) >= 11 is 0. The molecule has 0 radical (unpaired) electrons. The van der Waals surface area contributed by atoms with Crippen molar-refractivity contribution < 1.29 is 4.39 Å². The van der Waals surface area contributed by atoms with E-state index in [1.165, 1.54) is 5.57 Å². The van der Waals surface area contributed by atoms with Crippen molar-refractivity contribution in [2.45, 2.75) is 26.4 Å². The van der Waals surface area contributed by atoms with Gasteiger partial charge in [-0.2, -0.15) is 0 Å². The van der Waals surface area contributed by atoms with Gasteiger partial charge in [-0.25, -0.2) is 4.39 Å². The molecule has 0 saturated carbocycles. The molecule has 0 amide bonds. The lowest BCUT2D eigenvalue weighted by Crippen LogP contribution is -2.02. The molecule has 0 aromatic rings. The average Bonchev–Trinajstić information content (AvgIpc) is 1.98. The van der Waals surface area contributed by atoms with Crippen LogP contribution in [0.25, 0.3) is 0 Å². The summed E-state index contributed by atoms with van der Waals surface area (Å²) in [6, 6.07) is 0. The van der Waals surface area contributed by atoms with Crippen LogP contribution in [-0.4, -0.2) is 6.17 Å². The number of allylic oxidation sites excluding steroid dienone is 6. The fourth-order valence-electron chi connectivity index (χ4n) is 1.20. The van der Waals surface area contributed by atoms with Gasteiger partial charge in [-0.1, -0.05) is 24.3 Å². The number of halogens is 1. The predicted molar refractivity (Wildman–Crippen MR) is 46.2 cm³/mol. The SMILES string of the molecule is C/C=C\C1=C(C)C=CC(F)C1. The number of rotatable bonds is 1. The van der Waals surface area contributed by atoms with Crippen LogP contribution >= 0.6 is 0 Å².